The van der Waals surface area contributed by atoms with Crippen molar-refractivity contribution in [2.45, 2.75) is 29.5 Å². The first-order valence-electron chi connectivity index (χ1n) is 8.87. The van der Waals surface area contributed by atoms with Gasteiger partial charge < -0.3 is 5.32 Å². The molecule has 30 heavy (non-hydrogen) atoms. The second-order valence-electron chi connectivity index (χ2n) is 7.43. The molecule has 1 aliphatic heterocycles. The van der Waals surface area contributed by atoms with Gasteiger partial charge in [-0.2, -0.15) is 13.2 Å². The second kappa shape index (κ2) is 7.12. The number of carbonyl (C=O) groups excluding carboxylic acids is 1. The third kappa shape index (κ3) is 3.79. The Balaban J connectivity index is 2.17. The lowest BCUT2D eigenvalue weighted by atomic mass is 9.73. The van der Waals surface area contributed by atoms with Crippen molar-refractivity contribution in [2.75, 3.05) is 13.3 Å². The molecule has 10 heteroatoms. The van der Waals surface area contributed by atoms with Crippen LogP contribution >= 0.6 is 0 Å². The van der Waals surface area contributed by atoms with Crippen LogP contribution in [-0.2, 0) is 26.3 Å². The molecule has 0 bridgehead atoms. The molecule has 6 nitrogen and oxygen atoms in total. The quantitative estimate of drug-likeness (QED) is 0.769. The van der Waals surface area contributed by atoms with Crippen LogP contribution in [0.4, 0.5) is 13.2 Å². The number of nitrogens with one attached hydrogen (secondary N) is 2. The van der Waals surface area contributed by atoms with Gasteiger partial charge in [0.2, 0.25) is 5.91 Å². The van der Waals surface area contributed by atoms with Crippen LogP contribution in [0.25, 0.3) is 0 Å². The number of alkyl halides is 3. The van der Waals surface area contributed by atoms with E-state index in [1.165, 1.54) is 37.4 Å². The second-order valence-corrected chi connectivity index (χ2v) is 9.44. The molecule has 1 saturated heterocycles. The van der Waals surface area contributed by atoms with Gasteiger partial charge in [0.25, 0.3) is 0 Å². The zero-order valence-corrected chi connectivity index (χ0v) is 17.2. The maximum absolute atomic E-state index is 13.1. The van der Waals surface area contributed by atoms with Crippen LogP contribution in [0.5, 0.6) is 0 Å². The number of rotatable bonds is 3. The molecule has 2 aromatic carbocycles. The highest BCUT2D eigenvalue weighted by Crippen LogP contribution is 2.42. The molecule has 3 rings (SSSR count). The number of halogens is 3. The SMILES string of the molecule is CN1C(=N)N[C@](C)(c2cccc(S(C)(=O)=O)c2)[C@@H](c2ccc(C(F)(F)F)cc2)C1=O. The highest BCUT2D eigenvalue weighted by molar-refractivity contribution is 7.90. The first-order chi connectivity index (χ1) is 13.7. The van der Waals surface area contributed by atoms with Gasteiger partial charge in [0, 0.05) is 13.3 Å². The zero-order chi connectivity index (χ0) is 22.5. The van der Waals surface area contributed by atoms with E-state index in [-0.39, 0.29) is 10.9 Å². The minimum Gasteiger partial charge on any atom is -0.346 e. The summed E-state index contributed by atoms with van der Waals surface area (Å²) in [6.45, 7) is 1.62. The first kappa shape index (κ1) is 21.8. The molecule has 2 N–H and O–H groups in total. The van der Waals surface area contributed by atoms with Gasteiger partial charge >= 0.3 is 6.18 Å². The van der Waals surface area contributed by atoms with E-state index in [1.807, 2.05) is 0 Å². The van der Waals surface area contributed by atoms with Gasteiger partial charge in [-0.25, -0.2) is 8.42 Å². The van der Waals surface area contributed by atoms with E-state index in [1.54, 1.807) is 13.0 Å². The fraction of sp³-hybridized carbons (Fsp3) is 0.300. The normalized spacial score (nSPS) is 22.7. The molecule has 1 amide bonds. The molecule has 1 heterocycles. The number of guanidine groups is 1. The summed E-state index contributed by atoms with van der Waals surface area (Å²) in [5, 5.41) is 11.0. The van der Waals surface area contributed by atoms with Gasteiger partial charge in [0.15, 0.2) is 15.8 Å². The molecule has 0 unspecified atom stereocenters. The Morgan fingerprint density at radius 2 is 1.73 bits per heavy atom. The predicted octanol–water partition coefficient (Wildman–Crippen LogP) is 3.10. The number of hydrogen-bond donors (Lipinski definition) is 2. The van der Waals surface area contributed by atoms with Crippen molar-refractivity contribution in [1.29, 1.82) is 5.41 Å². The standard InChI is InChI=1S/C20H20F3N3O3S/c1-19(14-5-4-6-15(11-14)30(3,28)29)16(17(27)26(2)18(24)25-19)12-7-9-13(10-8-12)20(21,22)23/h4-11,16H,1-3H3,(H2,24,25)/t16-,19+/m0/s1. The Morgan fingerprint density at radius 3 is 2.27 bits per heavy atom. The lowest BCUT2D eigenvalue weighted by Gasteiger charge is -2.46. The highest BCUT2D eigenvalue weighted by atomic mass is 32.2. The summed E-state index contributed by atoms with van der Waals surface area (Å²) < 4.78 is 62.8. The van der Waals surface area contributed by atoms with Crippen LogP contribution in [0.15, 0.2) is 53.4 Å². The summed E-state index contributed by atoms with van der Waals surface area (Å²) in [6.07, 6.45) is -3.46. The molecule has 2 atom stereocenters. The molecular weight excluding hydrogens is 419 g/mol. The van der Waals surface area contributed by atoms with Crippen molar-refractivity contribution in [3.05, 3.63) is 65.2 Å². The largest absolute Gasteiger partial charge is 0.416 e. The lowest BCUT2D eigenvalue weighted by molar-refractivity contribution is -0.137. The van der Waals surface area contributed by atoms with Crippen molar-refractivity contribution in [3.63, 3.8) is 0 Å². The fourth-order valence-electron chi connectivity index (χ4n) is 3.58. The molecule has 1 aliphatic rings. The summed E-state index contributed by atoms with van der Waals surface area (Å²) in [6, 6.07) is 10.2. The van der Waals surface area contributed by atoms with Gasteiger partial charge in [0.1, 0.15) is 0 Å². The molecule has 160 valence electrons. The van der Waals surface area contributed by atoms with Crippen LogP contribution in [0, 0.1) is 5.41 Å². The number of carbonyl (C=O) groups is 1. The van der Waals surface area contributed by atoms with Crippen LogP contribution in [0.2, 0.25) is 0 Å². The van der Waals surface area contributed by atoms with Gasteiger partial charge in [0.05, 0.1) is 21.9 Å². The monoisotopic (exact) mass is 439 g/mol. The molecule has 0 spiro atoms. The Labute approximate surface area is 172 Å². The van der Waals surface area contributed by atoms with E-state index in [9.17, 15) is 26.4 Å². The lowest BCUT2D eigenvalue weighted by Crippen LogP contribution is -2.62. The first-order valence-corrected chi connectivity index (χ1v) is 10.8. The Morgan fingerprint density at radius 1 is 1.13 bits per heavy atom. The van der Waals surface area contributed by atoms with Crippen molar-refractivity contribution >= 4 is 21.7 Å². The fourth-order valence-corrected chi connectivity index (χ4v) is 4.25. The molecule has 0 saturated carbocycles. The van der Waals surface area contributed by atoms with Gasteiger partial charge in [-0.15, -0.1) is 0 Å². The molecule has 1 fully saturated rings. The summed E-state index contributed by atoms with van der Waals surface area (Å²) in [5.41, 5.74) is -1.38. The number of likely N-dealkylation sites (N-methyl/N-ethyl adjacent to an activating group) is 1. The van der Waals surface area contributed by atoms with E-state index < -0.39 is 38.9 Å². The highest BCUT2D eigenvalue weighted by Gasteiger charge is 2.48. The topological polar surface area (TPSA) is 90.3 Å². The van der Waals surface area contributed by atoms with E-state index in [0.717, 1.165) is 23.3 Å². The maximum atomic E-state index is 13.1. The summed E-state index contributed by atoms with van der Waals surface area (Å²) in [5.74, 6) is -1.69. The van der Waals surface area contributed by atoms with Crippen molar-refractivity contribution in [2.24, 2.45) is 0 Å². The third-order valence-corrected chi connectivity index (χ3v) is 6.41. The van der Waals surface area contributed by atoms with E-state index >= 15 is 0 Å². The van der Waals surface area contributed by atoms with Crippen LogP contribution in [0.1, 0.15) is 29.5 Å². The number of hydrogen-bond acceptors (Lipinski definition) is 4. The number of benzene rings is 2. The van der Waals surface area contributed by atoms with Gasteiger partial charge in [-0.05, 0) is 42.3 Å². The van der Waals surface area contributed by atoms with Crippen molar-refractivity contribution < 1.29 is 26.4 Å². The van der Waals surface area contributed by atoms with Crippen LogP contribution in [0.3, 0.4) is 0 Å². The molecular formula is C20H20F3N3O3S. The minimum atomic E-state index is -4.51. The average Bonchev–Trinajstić information content (AvgIpc) is 2.65. The van der Waals surface area contributed by atoms with E-state index in [4.69, 9.17) is 5.41 Å². The number of sulfone groups is 1. The molecule has 0 radical (unpaired) electrons. The summed E-state index contributed by atoms with van der Waals surface area (Å²) in [4.78, 5) is 14.2. The van der Waals surface area contributed by atoms with Crippen molar-refractivity contribution in [3.8, 4) is 0 Å². The maximum Gasteiger partial charge on any atom is 0.416 e. The Kier molecular flexibility index (Phi) is 5.18. The van der Waals surface area contributed by atoms with Crippen LogP contribution in [-0.4, -0.2) is 38.5 Å². The average molecular weight is 439 g/mol. The predicted molar refractivity (Wildman–Crippen MR) is 105 cm³/mol. The summed E-state index contributed by atoms with van der Waals surface area (Å²) in [7, 11) is -2.14. The smallest absolute Gasteiger partial charge is 0.346 e. The zero-order valence-electron chi connectivity index (χ0n) is 16.4. The number of amides is 1. The third-order valence-electron chi connectivity index (χ3n) is 5.30. The van der Waals surface area contributed by atoms with E-state index in [2.05, 4.69) is 5.32 Å². The van der Waals surface area contributed by atoms with Gasteiger partial charge in [-0.1, -0.05) is 24.3 Å². The minimum absolute atomic E-state index is 0.0344. The summed E-state index contributed by atoms with van der Waals surface area (Å²) >= 11 is 0. The number of nitrogens with zero attached hydrogens (tertiary/aromatic N) is 1. The Bertz CT molecular complexity index is 1110. The molecule has 0 aliphatic carbocycles. The van der Waals surface area contributed by atoms with Crippen LogP contribution < -0.4 is 5.32 Å². The van der Waals surface area contributed by atoms with E-state index in [0.29, 0.717) is 11.1 Å². The molecule has 2 aromatic rings. The Hall–Kier alpha value is -2.88. The van der Waals surface area contributed by atoms with Crippen molar-refractivity contribution in [1.82, 2.24) is 10.2 Å². The van der Waals surface area contributed by atoms with Gasteiger partial charge in [-0.3, -0.25) is 15.1 Å². The molecule has 0 aromatic heterocycles.